The van der Waals surface area contributed by atoms with E-state index >= 15 is 0 Å². The van der Waals surface area contributed by atoms with Crippen molar-refractivity contribution < 1.29 is 22.3 Å². The summed E-state index contributed by atoms with van der Waals surface area (Å²) < 4.78 is 42.7. The summed E-state index contributed by atoms with van der Waals surface area (Å²) in [6, 6.07) is 3.76. The highest BCUT2D eigenvalue weighted by Gasteiger charge is 2.62. The Balaban J connectivity index is 1.76. The van der Waals surface area contributed by atoms with Gasteiger partial charge in [-0.05, 0) is 31.5 Å². The molecule has 0 saturated carbocycles. The van der Waals surface area contributed by atoms with Crippen molar-refractivity contribution in [1.82, 2.24) is 4.90 Å². The molecule has 1 atom stereocenters. The van der Waals surface area contributed by atoms with Gasteiger partial charge in [0.1, 0.15) is 10.6 Å². The van der Waals surface area contributed by atoms with E-state index in [-0.39, 0.29) is 41.3 Å². The highest BCUT2D eigenvalue weighted by Crippen LogP contribution is 2.45. The zero-order valence-electron chi connectivity index (χ0n) is 13.3. The van der Waals surface area contributed by atoms with Crippen molar-refractivity contribution in [2.45, 2.75) is 18.1 Å². The number of hydrogen-bond donors (Lipinski definition) is 0. The van der Waals surface area contributed by atoms with Gasteiger partial charge in [-0.15, -0.1) is 0 Å². The molecule has 5 nitrogen and oxygen atoms in total. The van der Waals surface area contributed by atoms with Gasteiger partial charge in [-0.3, -0.25) is 4.79 Å². The highest BCUT2D eigenvalue weighted by atomic mass is 35.5. The SMILES string of the molecule is CCOC[C@@H]1CCS(=O)(=O)C12CN(C(=O)c1ccc(F)c(Cl)c1)C2. The van der Waals surface area contributed by atoms with E-state index in [4.69, 9.17) is 16.3 Å². The molecule has 0 N–H and O–H groups in total. The maximum atomic E-state index is 13.2. The summed E-state index contributed by atoms with van der Waals surface area (Å²) in [5, 5.41) is -0.126. The van der Waals surface area contributed by atoms with Gasteiger partial charge >= 0.3 is 0 Å². The van der Waals surface area contributed by atoms with Crippen LogP contribution in [0.25, 0.3) is 0 Å². The number of nitrogens with zero attached hydrogens (tertiary/aromatic N) is 1. The minimum absolute atomic E-state index is 0.0942. The topological polar surface area (TPSA) is 63.7 Å². The molecule has 24 heavy (non-hydrogen) atoms. The minimum atomic E-state index is -3.25. The molecule has 2 saturated heterocycles. The molecule has 1 aromatic carbocycles. The van der Waals surface area contributed by atoms with Gasteiger partial charge in [0.05, 0.1) is 17.4 Å². The zero-order chi connectivity index (χ0) is 17.5. The van der Waals surface area contributed by atoms with E-state index in [9.17, 15) is 17.6 Å². The fourth-order valence-corrected chi connectivity index (χ4v) is 6.10. The minimum Gasteiger partial charge on any atom is -0.381 e. The van der Waals surface area contributed by atoms with Crippen LogP contribution < -0.4 is 0 Å². The van der Waals surface area contributed by atoms with E-state index in [1.54, 1.807) is 0 Å². The first-order valence-corrected chi connectivity index (χ1v) is 9.88. The molecular formula is C16H19ClFNO4S. The number of likely N-dealkylation sites (tertiary alicyclic amines) is 1. The average molecular weight is 376 g/mol. The molecule has 2 aliphatic rings. The Labute approximate surface area is 145 Å². The second-order valence-corrected chi connectivity index (χ2v) is 9.18. The van der Waals surface area contributed by atoms with E-state index in [1.807, 2.05) is 6.92 Å². The molecule has 1 aromatic rings. The second-order valence-electron chi connectivity index (χ2n) is 6.32. The molecule has 8 heteroatoms. The van der Waals surface area contributed by atoms with Crippen LogP contribution in [0, 0.1) is 11.7 Å². The number of rotatable bonds is 4. The van der Waals surface area contributed by atoms with Crippen molar-refractivity contribution in [3.8, 4) is 0 Å². The van der Waals surface area contributed by atoms with Crippen LogP contribution in [0.3, 0.4) is 0 Å². The predicted octanol–water partition coefficient (Wildman–Crippen LogP) is 2.14. The summed E-state index contributed by atoms with van der Waals surface area (Å²) >= 11 is 5.71. The van der Waals surface area contributed by atoms with Crippen molar-refractivity contribution in [3.05, 3.63) is 34.6 Å². The van der Waals surface area contributed by atoms with Crippen molar-refractivity contribution in [3.63, 3.8) is 0 Å². The van der Waals surface area contributed by atoms with Crippen LogP contribution in [0.4, 0.5) is 4.39 Å². The number of sulfone groups is 1. The Morgan fingerprint density at radius 3 is 2.79 bits per heavy atom. The summed E-state index contributed by atoms with van der Waals surface area (Å²) in [4.78, 5) is 14.0. The number of hydrogen-bond acceptors (Lipinski definition) is 4. The molecule has 0 aliphatic carbocycles. The molecule has 1 spiro atoms. The van der Waals surface area contributed by atoms with Gasteiger partial charge in [0.15, 0.2) is 9.84 Å². The standard InChI is InChI=1S/C16H19ClFNO4S/c1-2-23-8-12-5-6-24(21,22)16(12)9-19(10-16)15(20)11-3-4-14(18)13(17)7-11/h3-4,7,12H,2,5-6,8-10H2,1H3/t12-/m0/s1. The van der Waals surface area contributed by atoms with Crippen LogP contribution in [0.1, 0.15) is 23.7 Å². The van der Waals surface area contributed by atoms with Crippen molar-refractivity contribution >= 4 is 27.3 Å². The van der Waals surface area contributed by atoms with Crippen LogP contribution in [0.15, 0.2) is 18.2 Å². The maximum absolute atomic E-state index is 13.2. The quantitative estimate of drug-likeness (QED) is 0.808. The van der Waals surface area contributed by atoms with Crippen LogP contribution in [-0.2, 0) is 14.6 Å². The smallest absolute Gasteiger partial charge is 0.254 e. The number of halogens is 2. The van der Waals surface area contributed by atoms with Crippen LogP contribution in [-0.4, -0.2) is 56.0 Å². The molecule has 0 radical (unpaired) electrons. The average Bonchev–Trinajstić information content (AvgIpc) is 2.76. The molecular weight excluding hydrogens is 357 g/mol. The molecule has 2 fully saturated rings. The van der Waals surface area contributed by atoms with Crippen molar-refractivity contribution in [2.24, 2.45) is 5.92 Å². The third-order valence-corrected chi connectivity index (χ3v) is 7.89. The van der Waals surface area contributed by atoms with Gasteiger partial charge < -0.3 is 9.64 Å². The molecule has 3 rings (SSSR count). The first-order valence-electron chi connectivity index (χ1n) is 7.85. The summed E-state index contributed by atoms with van der Waals surface area (Å²) in [5.41, 5.74) is 0.257. The van der Waals surface area contributed by atoms with E-state index in [1.165, 1.54) is 17.0 Å². The lowest BCUT2D eigenvalue weighted by atomic mass is 9.83. The molecule has 0 bridgehead atoms. The lowest BCUT2D eigenvalue weighted by Crippen LogP contribution is -2.68. The fraction of sp³-hybridized carbons (Fsp3) is 0.562. The summed E-state index contributed by atoms with van der Waals surface area (Å²) in [6.07, 6.45) is 0.562. The van der Waals surface area contributed by atoms with E-state index in [2.05, 4.69) is 0 Å². The highest BCUT2D eigenvalue weighted by molar-refractivity contribution is 7.93. The first-order chi connectivity index (χ1) is 11.3. The lowest BCUT2D eigenvalue weighted by Gasteiger charge is -2.49. The van der Waals surface area contributed by atoms with E-state index < -0.39 is 20.4 Å². The van der Waals surface area contributed by atoms with Crippen LogP contribution >= 0.6 is 11.6 Å². The lowest BCUT2D eigenvalue weighted by molar-refractivity contribution is 0.0271. The Bertz CT molecular complexity index is 761. The zero-order valence-corrected chi connectivity index (χ0v) is 14.9. The molecule has 0 aromatic heterocycles. The van der Waals surface area contributed by atoms with Gasteiger partial charge in [0, 0.05) is 31.2 Å². The third kappa shape index (κ3) is 2.72. The van der Waals surface area contributed by atoms with E-state index in [0.29, 0.717) is 19.6 Å². The van der Waals surface area contributed by atoms with Gasteiger partial charge in [-0.2, -0.15) is 0 Å². The third-order valence-electron chi connectivity index (χ3n) is 4.99. The van der Waals surface area contributed by atoms with Crippen LogP contribution in [0.2, 0.25) is 5.02 Å². The molecule has 132 valence electrons. The molecule has 0 unspecified atom stereocenters. The maximum Gasteiger partial charge on any atom is 0.254 e. The molecule has 1 amide bonds. The number of amides is 1. The Kier molecular flexibility index (Phi) is 4.61. The summed E-state index contributed by atoms with van der Waals surface area (Å²) in [7, 11) is -3.25. The Morgan fingerprint density at radius 2 is 2.17 bits per heavy atom. The number of benzene rings is 1. The summed E-state index contributed by atoms with van der Waals surface area (Å²) in [5.74, 6) is -0.888. The van der Waals surface area contributed by atoms with Crippen molar-refractivity contribution in [1.29, 1.82) is 0 Å². The van der Waals surface area contributed by atoms with Crippen molar-refractivity contribution in [2.75, 3.05) is 32.1 Å². The second kappa shape index (κ2) is 6.28. The number of carbonyl (C=O) groups is 1. The van der Waals surface area contributed by atoms with Gasteiger partial charge in [0.25, 0.3) is 5.91 Å². The van der Waals surface area contributed by atoms with Gasteiger partial charge in [-0.25, -0.2) is 12.8 Å². The Hall–Kier alpha value is -1.18. The first kappa shape index (κ1) is 17.6. The largest absolute Gasteiger partial charge is 0.381 e. The van der Waals surface area contributed by atoms with Gasteiger partial charge in [-0.1, -0.05) is 11.6 Å². The molecule has 2 aliphatic heterocycles. The monoisotopic (exact) mass is 375 g/mol. The van der Waals surface area contributed by atoms with Gasteiger partial charge in [0.2, 0.25) is 0 Å². The normalized spacial score (nSPS) is 24.1. The molecule has 2 heterocycles. The predicted molar refractivity (Wildman–Crippen MR) is 88.4 cm³/mol. The Morgan fingerprint density at radius 1 is 1.46 bits per heavy atom. The fourth-order valence-electron chi connectivity index (χ4n) is 3.52. The number of carbonyl (C=O) groups excluding carboxylic acids is 1. The van der Waals surface area contributed by atoms with E-state index in [0.717, 1.165) is 6.07 Å². The number of ether oxygens (including phenoxy) is 1. The summed E-state index contributed by atoms with van der Waals surface area (Å²) in [6.45, 7) is 3.09. The van der Waals surface area contributed by atoms with Crippen LogP contribution in [0.5, 0.6) is 0 Å².